The molecule has 78 valence electrons. The molecule has 0 aliphatic rings. The molecule has 0 saturated carbocycles. The molecule has 1 heterocycles. The Kier molecular flexibility index (Phi) is 3.23. The van der Waals surface area contributed by atoms with Crippen LogP contribution in [-0.2, 0) is 11.3 Å². The second kappa shape index (κ2) is 4.06. The van der Waals surface area contributed by atoms with Crippen LogP contribution in [0.1, 0.15) is 35.5 Å². The molecule has 0 unspecified atom stereocenters. The minimum Gasteiger partial charge on any atom is -0.456 e. The monoisotopic (exact) mass is 215 g/mol. The molecule has 0 spiro atoms. The molecule has 5 heteroatoms. The molecule has 0 saturated heterocycles. The Morgan fingerprint density at radius 1 is 1.64 bits per heavy atom. The SMILES string of the molecule is CC(C)(C)OC(=O)c1cnc(CO)s1. The van der Waals surface area contributed by atoms with Crippen LogP contribution in [0.5, 0.6) is 0 Å². The number of nitrogens with zero attached hydrogens (tertiary/aromatic N) is 1. The number of carbonyl (C=O) groups excluding carboxylic acids is 1. The highest BCUT2D eigenvalue weighted by Crippen LogP contribution is 2.17. The average molecular weight is 215 g/mol. The van der Waals surface area contributed by atoms with E-state index < -0.39 is 11.6 Å². The Bertz CT molecular complexity index is 327. The molecule has 0 atom stereocenters. The third-order valence-corrected chi connectivity index (χ3v) is 2.25. The number of hydrogen-bond acceptors (Lipinski definition) is 5. The lowest BCUT2D eigenvalue weighted by Crippen LogP contribution is -2.23. The molecule has 1 N–H and O–H groups in total. The van der Waals surface area contributed by atoms with Crippen LogP contribution in [0, 0.1) is 0 Å². The maximum atomic E-state index is 11.5. The summed E-state index contributed by atoms with van der Waals surface area (Å²) in [6.45, 7) is 5.27. The summed E-state index contributed by atoms with van der Waals surface area (Å²) in [5, 5.41) is 9.28. The minimum atomic E-state index is -0.500. The minimum absolute atomic E-state index is 0.145. The third-order valence-electron chi connectivity index (χ3n) is 1.29. The van der Waals surface area contributed by atoms with Crippen LogP contribution in [0.15, 0.2) is 6.20 Å². The topological polar surface area (TPSA) is 59.4 Å². The molecule has 0 amide bonds. The first-order valence-corrected chi connectivity index (χ1v) is 5.03. The molecule has 0 aliphatic heterocycles. The molecule has 14 heavy (non-hydrogen) atoms. The maximum absolute atomic E-state index is 11.5. The Hall–Kier alpha value is -0.940. The van der Waals surface area contributed by atoms with Gasteiger partial charge in [-0.1, -0.05) is 0 Å². The number of esters is 1. The predicted octanol–water partition coefficient (Wildman–Crippen LogP) is 1.59. The van der Waals surface area contributed by atoms with Gasteiger partial charge in [0, 0.05) is 0 Å². The van der Waals surface area contributed by atoms with Crippen molar-refractivity contribution in [2.24, 2.45) is 0 Å². The van der Waals surface area contributed by atoms with Gasteiger partial charge in [0.25, 0.3) is 0 Å². The summed E-state index contributed by atoms with van der Waals surface area (Å²) in [4.78, 5) is 15.7. The number of hydrogen-bond donors (Lipinski definition) is 1. The summed E-state index contributed by atoms with van der Waals surface area (Å²) in [6.07, 6.45) is 1.42. The van der Waals surface area contributed by atoms with E-state index >= 15 is 0 Å². The van der Waals surface area contributed by atoms with Crippen LogP contribution < -0.4 is 0 Å². The molecule has 1 rings (SSSR count). The van der Waals surface area contributed by atoms with E-state index in [-0.39, 0.29) is 6.61 Å². The summed E-state index contributed by atoms with van der Waals surface area (Å²) in [7, 11) is 0. The summed E-state index contributed by atoms with van der Waals surface area (Å²) < 4.78 is 5.13. The zero-order valence-corrected chi connectivity index (χ0v) is 9.22. The molecule has 0 radical (unpaired) electrons. The van der Waals surface area contributed by atoms with Gasteiger partial charge in [-0.2, -0.15) is 0 Å². The van der Waals surface area contributed by atoms with E-state index in [1.165, 1.54) is 6.20 Å². The molecule has 0 fully saturated rings. The van der Waals surface area contributed by atoms with E-state index in [0.717, 1.165) is 11.3 Å². The van der Waals surface area contributed by atoms with Crippen molar-refractivity contribution in [2.75, 3.05) is 0 Å². The van der Waals surface area contributed by atoms with Gasteiger partial charge >= 0.3 is 5.97 Å². The van der Waals surface area contributed by atoms with E-state index in [1.807, 2.05) is 0 Å². The summed E-state index contributed by atoms with van der Waals surface area (Å²) in [5.41, 5.74) is -0.500. The van der Waals surface area contributed by atoms with E-state index in [2.05, 4.69) is 4.98 Å². The van der Waals surface area contributed by atoms with E-state index in [0.29, 0.717) is 9.88 Å². The fraction of sp³-hybridized carbons (Fsp3) is 0.556. The van der Waals surface area contributed by atoms with Crippen molar-refractivity contribution in [1.82, 2.24) is 4.98 Å². The van der Waals surface area contributed by atoms with Gasteiger partial charge in [-0.25, -0.2) is 9.78 Å². The largest absolute Gasteiger partial charge is 0.456 e. The molecule has 1 aromatic rings. The van der Waals surface area contributed by atoms with Crippen molar-refractivity contribution in [3.63, 3.8) is 0 Å². The van der Waals surface area contributed by atoms with Crippen molar-refractivity contribution in [2.45, 2.75) is 33.0 Å². The smallest absolute Gasteiger partial charge is 0.350 e. The molecular weight excluding hydrogens is 202 g/mol. The van der Waals surface area contributed by atoms with Crippen LogP contribution in [-0.4, -0.2) is 21.7 Å². The Balaban J connectivity index is 2.70. The summed E-state index contributed by atoms with van der Waals surface area (Å²) >= 11 is 1.15. The molecule has 0 aromatic carbocycles. The second-order valence-corrected chi connectivity index (χ2v) is 4.89. The Morgan fingerprint density at radius 2 is 2.29 bits per heavy atom. The normalized spacial score (nSPS) is 11.4. The third kappa shape index (κ3) is 3.08. The fourth-order valence-corrected chi connectivity index (χ4v) is 1.46. The van der Waals surface area contributed by atoms with Crippen molar-refractivity contribution < 1.29 is 14.6 Å². The number of ether oxygens (including phenoxy) is 1. The fourth-order valence-electron chi connectivity index (χ4n) is 0.806. The number of thiazole rings is 1. The number of carbonyl (C=O) groups is 1. The van der Waals surface area contributed by atoms with Gasteiger partial charge in [-0.15, -0.1) is 11.3 Å². The van der Waals surface area contributed by atoms with Gasteiger partial charge in [0.15, 0.2) is 0 Å². The maximum Gasteiger partial charge on any atom is 0.350 e. The van der Waals surface area contributed by atoms with Gasteiger partial charge < -0.3 is 9.84 Å². The van der Waals surface area contributed by atoms with E-state index in [1.54, 1.807) is 20.8 Å². The lowest BCUT2D eigenvalue weighted by atomic mass is 10.2. The lowest BCUT2D eigenvalue weighted by Gasteiger charge is -2.18. The lowest BCUT2D eigenvalue weighted by molar-refractivity contribution is 0.00750. The second-order valence-electron chi connectivity index (χ2n) is 3.78. The molecule has 0 bridgehead atoms. The van der Waals surface area contributed by atoms with Gasteiger partial charge in [0.05, 0.1) is 12.8 Å². The van der Waals surface area contributed by atoms with Crippen molar-refractivity contribution in [3.8, 4) is 0 Å². The van der Waals surface area contributed by atoms with Crippen LogP contribution in [0.2, 0.25) is 0 Å². The van der Waals surface area contributed by atoms with Crippen LogP contribution >= 0.6 is 11.3 Å². The van der Waals surface area contributed by atoms with Crippen LogP contribution in [0.25, 0.3) is 0 Å². The van der Waals surface area contributed by atoms with E-state index in [4.69, 9.17) is 9.84 Å². The van der Waals surface area contributed by atoms with Crippen molar-refractivity contribution >= 4 is 17.3 Å². The van der Waals surface area contributed by atoms with Gasteiger partial charge in [-0.05, 0) is 20.8 Å². The predicted molar refractivity (Wildman–Crippen MR) is 53.2 cm³/mol. The average Bonchev–Trinajstić information content (AvgIpc) is 2.48. The first-order chi connectivity index (χ1) is 6.42. The van der Waals surface area contributed by atoms with Gasteiger partial charge in [0.2, 0.25) is 0 Å². The van der Waals surface area contributed by atoms with Crippen LogP contribution in [0.4, 0.5) is 0 Å². The number of aromatic nitrogens is 1. The molecular formula is C9H13NO3S. The number of aliphatic hydroxyl groups excluding tert-OH is 1. The molecule has 1 aromatic heterocycles. The van der Waals surface area contributed by atoms with Gasteiger partial charge in [-0.3, -0.25) is 0 Å². The first-order valence-electron chi connectivity index (χ1n) is 4.21. The van der Waals surface area contributed by atoms with E-state index in [9.17, 15) is 4.79 Å². The van der Waals surface area contributed by atoms with Gasteiger partial charge in [0.1, 0.15) is 15.5 Å². The van der Waals surface area contributed by atoms with Crippen molar-refractivity contribution in [1.29, 1.82) is 0 Å². The number of rotatable bonds is 2. The highest BCUT2D eigenvalue weighted by molar-refractivity contribution is 7.13. The zero-order chi connectivity index (χ0) is 10.8. The Morgan fingerprint density at radius 3 is 2.71 bits per heavy atom. The van der Waals surface area contributed by atoms with Crippen molar-refractivity contribution in [3.05, 3.63) is 16.1 Å². The first kappa shape index (κ1) is 11.1. The summed E-state index contributed by atoms with van der Waals surface area (Å²) in [5.74, 6) is -0.394. The quantitative estimate of drug-likeness (QED) is 0.761. The Labute approximate surface area is 86.6 Å². The number of aliphatic hydroxyl groups is 1. The zero-order valence-electron chi connectivity index (χ0n) is 8.40. The summed E-state index contributed by atoms with van der Waals surface area (Å²) in [6, 6.07) is 0. The molecule has 0 aliphatic carbocycles. The highest BCUT2D eigenvalue weighted by Gasteiger charge is 2.19. The molecule has 4 nitrogen and oxygen atoms in total. The standard InChI is InChI=1S/C9H13NO3S/c1-9(2,3)13-8(12)6-4-10-7(5-11)14-6/h4,11H,5H2,1-3H3. The highest BCUT2D eigenvalue weighted by atomic mass is 32.1. The van der Waals surface area contributed by atoms with Crippen LogP contribution in [0.3, 0.4) is 0 Å².